The van der Waals surface area contributed by atoms with Crippen molar-refractivity contribution in [1.82, 2.24) is 25.0 Å². The molecule has 1 aliphatic heterocycles. The van der Waals surface area contributed by atoms with Gasteiger partial charge in [0.15, 0.2) is 11.6 Å². The third kappa shape index (κ3) is 4.24. The molecule has 0 saturated carbocycles. The summed E-state index contributed by atoms with van der Waals surface area (Å²) in [5.74, 6) is 0.453. The number of aryl methyl sites for hydroxylation is 1. The molecule has 0 N–H and O–H groups in total. The van der Waals surface area contributed by atoms with Crippen LogP contribution in [0.1, 0.15) is 40.5 Å². The van der Waals surface area contributed by atoms with Crippen molar-refractivity contribution in [2.75, 3.05) is 13.1 Å². The van der Waals surface area contributed by atoms with Crippen LogP contribution in [0.2, 0.25) is 0 Å². The summed E-state index contributed by atoms with van der Waals surface area (Å²) in [6.07, 6.45) is 4.85. The summed E-state index contributed by atoms with van der Waals surface area (Å²) < 4.78 is 19.6. The third-order valence-corrected chi connectivity index (χ3v) is 5.88. The van der Waals surface area contributed by atoms with Crippen LogP contribution in [-0.2, 0) is 0 Å². The number of aromatic nitrogens is 4. The molecule has 0 aliphatic carbocycles. The van der Waals surface area contributed by atoms with Crippen LogP contribution < -0.4 is 0 Å². The van der Waals surface area contributed by atoms with Crippen LogP contribution in [0.15, 0.2) is 65.4 Å². The summed E-state index contributed by atoms with van der Waals surface area (Å²) in [5.41, 5.74) is 3.20. The van der Waals surface area contributed by atoms with E-state index in [4.69, 9.17) is 9.51 Å². The normalized spacial score (nSPS) is 14.4. The van der Waals surface area contributed by atoms with Crippen LogP contribution in [0.5, 0.6) is 0 Å². The highest BCUT2D eigenvalue weighted by molar-refractivity contribution is 5.94. The Morgan fingerprint density at radius 2 is 1.88 bits per heavy atom. The number of nitrogens with zero attached hydrogens (tertiary/aromatic N) is 5. The predicted molar refractivity (Wildman–Crippen MR) is 120 cm³/mol. The number of pyridine rings is 1. The van der Waals surface area contributed by atoms with E-state index in [1.807, 2.05) is 31.2 Å². The molecule has 33 heavy (non-hydrogen) atoms. The SMILES string of the molecule is Cc1cc(-c2cnc(-c3ccccn3)nc2C2CCN(C(=O)c3ccccc3F)CC2)on1. The zero-order valence-corrected chi connectivity index (χ0v) is 18.1. The molecule has 7 nitrogen and oxygen atoms in total. The van der Waals surface area contributed by atoms with Gasteiger partial charge in [-0.1, -0.05) is 23.4 Å². The number of amides is 1. The van der Waals surface area contributed by atoms with Crippen molar-refractivity contribution in [3.05, 3.63) is 83.7 Å². The highest BCUT2D eigenvalue weighted by Gasteiger charge is 2.29. The standard InChI is InChI=1S/C25H22FN5O2/c1-16-14-22(33-30-16)19-15-28-24(21-8-4-5-11-27-21)29-23(19)17-9-12-31(13-10-17)25(32)18-6-2-3-7-20(18)26/h2-8,11,14-15,17H,9-10,12-13H2,1H3. The zero-order chi connectivity index (χ0) is 22.8. The maximum Gasteiger partial charge on any atom is 0.256 e. The van der Waals surface area contributed by atoms with Gasteiger partial charge in [-0.05, 0) is 44.0 Å². The van der Waals surface area contributed by atoms with Gasteiger partial charge in [-0.15, -0.1) is 0 Å². The van der Waals surface area contributed by atoms with Gasteiger partial charge in [0, 0.05) is 37.5 Å². The summed E-state index contributed by atoms with van der Waals surface area (Å²) in [4.78, 5) is 28.3. The molecule has 1 aliphatic rings. The number of hydrogen-bond acceptors (Lipinski definition) is 6. The second-order valence-corrected chi connectivity index (χ2v) is 8.09. The fourth-order valence-corrected chi connectivity index (χ4v) is 4.17. The maximum absolute atomic E-state index is 14.1. The molecule has 1 fully saturated rings. The first kappa shape index (κ1) is 20.9. The van der Waals surface area contributed by atoms with Gasteiger partial charge in [-0.2, -0.15) is 0 Å². The monoisotopic (exact) mass is 443 g/mol. The van der Waals surface area contributed by atoms with Crippen molar-refractivity contribution >= 4 is 5.91 Å². The first-order chi connectivity index (χ1) is 16.1. The lowest BCUT2D eigenvalue weighted by molar-refractivity contribution is 0.0707. The highest BCUT2D eigenvalue weighted by atomic mass is 19.1. The molecule has 1 saturated heterocycles. The van der Waals surface area contributed by atoms with Crippen LogP contribution in [0.4, 0.5) is 4.39 Å². The van der Waals surface area contributed by atoms with Crippen LogP contribution >= 0.6 is 0 Å². The van der Waals surface area contributed by atoms with E-state index < -0.39 is 5.82 Å². The molecule has 166 valence electrons. The van der Waals surface area contributed by atoms with E-state index >= 15 is 0 Å². The molecule has 0 atom stereocenters. The maximum atomic E-state index is 14.1. The summed E-state index contributed by atoms with van der Waals surface area (Å²) in [7, 11) is 0. The van der Waals surface area contributed by atoms with Gasteiger partial charge < -0.3 is 9.42 Å². The van der Waals surface area contributed by atoms with Gasteiger partial charge in [-0.25, -0.2) is 14.4 Å². The quantitative estimate of drug-likeness (QED) is 0.456. The largest absolute Gasteiger partial charge is 0.356 e. The van der Waals surface area contributed by atoms with Crippen LogP contribution in [0, 0.1) is 12.7 Å². The Labute approximate surface area is 190 Å². The zero-order valence-electron chi connectivity index (χ0n) is 18.1. The number of benzene rings is 1. The molecule has 0 radical (unpaired) electrons. The molecule has 1 amide bonds. The van der Waals surface area contributed by atoms with E-state index in [1.165, 1.54) is 12.1 Å². The minimum absolute atomic E-state index is 0.0838. The van der Waals surface area contributed by atoms with Crippen molar-refractivity contribution in [2.45, 2.75) is 25.7 Å². The summed E-state index contributed by atoms with van der Waals surface area (Å²) in [5, 5.41) is 4.01. The average molecular weight is 443 g/mol. The Morgan fingerprint density at radius 1 is 1.09 bits per heavy atom. The summed E-state index contributed by atoms with van der Waals surface area (Å²) in [6.45, 7) is 2.88. The highest BCUT2D eigenvalue weighted by Crippen LogP contribution is 2.35. The Hall–Kier alpha value is -3.94. The molecule has 0 bridgehead atoms. The van der Waals surface area contributed by atoms with Crippen molar-refractivity contribution in [1.29, 1.82) is 0 Å². The molecular formula is C25H22FN5O2. The molecule has 4 heterocycles. The van der Waals surface area contributed by atoms with Crippen LogP contribution in [0.3, 0.4) is 0 Å². The molecule has 4 aromatic rings. The fourth-order valence-electron chi connectivity index (χ4n) is 4.17. The Kier molecular flexibility index (Phi) is 5.64. The molecule has 0 spiro atoms. The summed E-state index contributed by atoms with van der Waals surface area (Å²) >= 11 is 0. The number of likely N-dealkylation sites (tertiary alicyclic amines) is 1. The number of carbonyl (C=O) groups excluding carboxylic acids is 1. The number of piperidine rings is 1. The topological polar surface area (TPSA) is 85.0 Å². The van der Waals surface area contributed by atoms with E-state index in [1.54, 1.807) is 29.4 Å². The van der Waals surface area contributed by atoms with Gasteiger partial charge >= 0.3 is 0 Å². The van der Waals surface area contributed by atoms with E-state index in [0.717, 1.165) is 17.0 Å². The fraction of sp³-hybridized carbons (Fsp3) is 0.240. The molecule has 1 aromatic carbocycles. The third-order valence-electron chi connectivity index (χ3n) is 5.88. The van der Waals surface area contributed by atoms with Gasteiger partial charge in [0.25, 0.3) is 5.91 Å². The molecule has 0 unspecified atom stereocenters. The minimum Gasteiger partial charge on any atom is -0.356 e. The van der Waals surface area contributed by atoms with Crippen molar-refractivity contribution in [2.24, 2.45) is 0 Å². The molecule has 3 aromatic heterocycles. The lowest BCUT2D eigenvalue weighted by atomic mass is 9.89. The van der Waals surface area contributed by atoms with E-state index in [2.05, 4.69) is 15.1 Å². The van der Waals surface area contributed by atoms with Crippen LogP contribution in [0.25, 0.3) is 22.8 Å². The van der Waals surface area contributed by atoms with Gasteiger partial charge in [0.05, 0.1) is 22.5 Å². The minimum atomic E-state index is -0.497. The average Bonchev–Trinajstić information content (AvgIpc) is 3.30. The molecule has 8 heteroatoms. The van der Waals surface area contributed by atoms with Crippen molar-refractivity contribution < 1.29 is 13.7 Å². The lowest BCUT2D eigenvalue weighted by Gasteiger charge is -2.32. The van der Waals surface area contributed by atoms with E-state index in [0.29, 0.717) is 43.2 Å². The first-order valence-corrected chi connectivity index (χ1v) is 10.9. The van der Waals surface area contributed by atoms with Crippen LogP contribution in [-0.4, -0.2) is 44.0 Å². The number of hydrogen-bond donors (Lipinski definition) is 0. The smallest absolute Gasteiger partial charge is 0.256 e. The second-order valence-electron chi connectivity index (χ2n) is 8.09. The van der Waals surface area contributed by atoms with Crippen molar-refractivity contribution in [3.63, 3.8) is 0 Å². The van der Waals surface area contributed by atoms with E-state index in [9.17, 15) is 9.18 Å². The lowest BCUT2D eigenvalue weighted by Crippen LogP contribution is -2.38. The second kappa shape index (κ2) is 8.90. The Bertz CT molecular complexity index is 1280. The van der Waals surface area contributed by atoms with Crippen molar-refractivity contribution in [3.8, 4) is 22.8 Å². The number of rotatable bonds is 4. The van der Waals surface area contributed by atoms with Gasteiger partial charge in [0.2, 0.25) is 0 Å². The van der Waals surface area contributed by atoms with Gasteiger partial charge in [0.1, 0.15) is 11.5 Å². The van der Waals surface area contributed by atoms with E-state index in [-0.39, 0.29) is 17.4 Å². The molecular weight excluding hydrogens is 421 g/mol. The number of halogens is 1. The Balaban J connectivity index is 1.43. The first-order valence-electron chi connectivity index (χ1n) is 10.9. The summed E-state index contributed by atoms with van der Waals surface area (Å²) in [6, 6.07) is 13.6. The number of carbonyl (C=O) groups is 1. The van der Waals surface area contributed by atoms with Gasteiger partial charge in [-0.3, -0.25) is 9.78 Å². The molecule has 5 rings (SSSR count). The Morgan fingerprint density at radius 3 is 2.58 bits per heavy atom. The predicted octanol–water partition coefficient (Wildman–Crippen LogP) is 4.66.